The second kappa shape index (κ2) is 8.20. The summed E-state index contributed by atoms with van der Waals surface area (Å²) in [5, 5.41) is 4.24. The molecule has 2 heterocycles. The van der Waals surface area contributed by atoms with Gasteiger partial charge in [-0.25, -0.2) is 9.78 Å². The van der Waals surface area contributed by atoms with Crippen LogP contribution in [0.2, 0.25) is 0 Å². The number of benzene rings is 2. The second-order valence-electron chi connectivity index (χ2n) is 6.20. The number of esters is 2. The van der Waals surface area contributed by atoms with Gasteiger partial charge in [-0.1, -0.05) is 30.3 Å². The maximum absolute atomic E-state index is 12.5. The molecular weight excluding hydrogens is 388 g/mol. The highest BCUT2D eigenvalue weighted by Gasteiger charge is 2.18. The third kappa shape index (κ3) is 4.14. The third-order valence-corrected chi connectivity index (χ3v) is 5.15. The Morgan fingerprint density at radius 3 is 2.52 bits per heavy atom. The van der Waals surface area contributed by atoms with Gasteiger partial charge >= 0.3 is 11.9 Å². The molecule has 29 heavy (non-hydrogen) atoms. The summed E-state index contributed by atoms with van der Waals surface area (Å²) in [6.45, 7) is 0. The van der Waals surface area contributed by atoms with Crippen molar-refractivity contribution in [2.24, 2.45) is 0 Å². The molecule has 2 aromatic carbocycles. The van der Waals surface area contributed by atoms with E-state index in [1.54, 1.807) is 23.7 Å². The summed E-state index contributed by atoms with van der Waals surface area (Å²) in [5.74, 6) is -0.909. The Kier molecular flexibility index (Phi) is 5.31. The molecule has 0 atom stereocenters. The molecule has 0 N–H and O–H groups in total. The van der Waals surface area contributed by atoms with Crippen LogP contribution >= 0.6 is 11.3 Å². The van der Waals surface area contributed by atoms with Crippen molar-refractivity contribution in [1.29, 1.82) is 0 Å². The normalized spacial score (nSPS) is 10.7. The summed E-state index contributed by atoms with van der Waals surface area (Å²) in [4.78, 5) is 33.4. The predicted octanol–water partition coefficient (Wildman–Crippen LogP) is 4.29. The number of fused-ring (bicyclic) bond motifs is 1. The molecule has 0 aliphatic heterocycles. The van der Waals surface area contributed by atoms with Crippen molar-refractivity contribution in [3.05, 3.63) is 77.4 Å². The van der Waals surface area contributed by atoms with E-state index in [0.717, 1.165) is 21.5 Å². The minimum absolute atomic E-state index is 0.0171. The maximum atomic E-state index is 12.5. The predicted molar refractivity (Wildman–Crippen MR) is 110 cm³/mol. The van der Waals surface area contributed by atoms with Crippen LogP contribution in [-0.2, 0) is 16.0 Å². The zero-order valence-corrected chi connectivity index (χ0v) is 16.3. The Morgan fingerprint density at radius 2 is 1.79 bits per heavy atom. The van der Waals surface area contributed by atoms with Gasteiger partial charge in [-0.05, 0) is 35.0 Å². The highest BCUT2D eigenvalue weighted by Crippen LogP contribution is 2.28. The maximum Gasteiger partial charge on any atom is 0.341 e. The van der Waals surface area contributed by atoms with Gasteiger partial charge in [0.1, 0.15) is 16.3 Å². The molecule has 144 valence electrons. The van der Waals surface area contributed by atoms with Crippen LogP contribution < -0.4 is 4.74 Å². The molecule has 6 nitrogen and oxygen atoms in total. The fourth-order valence-electron chi connectivity index (χ4n) is 2.88. The molecule has 0 fully saturated rings. The van der Waals surface area contributed by atoms with E-state index in [1.807, 2.05) is 42.5 Å². The Balaban J connectivity index is 1.56. The fourth-order valence-corrected chi connectivity index (χ4v) is 3.67. The standard InChI is InChI=1S/C22H16N2O4S/c1-27-22(26)17-10-14-6-2-3-7-15(14)11-19(17)28-20(25)12-16-13-29-21(24-16)18-8-4-5-9-23-18/h2-11,13H,12H2,1H3. The molecule has 0 aliphatic rings. The minimum atomic E-state index is -0.565. The molecule has 0 bridgehead atoms. The van der Waals surface area contributed by atoms with E-state index in [-0.39, 0.29) is 17.7 Å². The first kappa shape index (κ1) is 18.8. The topological polar surface area (TPSA) is 78.4 Å². The van der Waals surface area contributed by atoms with Gasteiger partial charge in [0.25, 0.3) is 0 Å². The summed E-state index contributed by atoms with van der Waals surface area (Å²) in [6, 6.07) is 16.4. The fraction of sp³-hybridized carbons (Fsp3) is 0.0909. The monoisotopic (exact) mass is 404 g/mol. The molecule has 7 heteroatoms. The van der Waals surface area contributed by atoms with Gasteiger partial charge in [-0.2, -0.15) is 0 Å². The Labute approximate surface area is 170 Å². The number of hydrogen-bond donors (Lipinski definition) is 0. The number of thiazole rings is 1. The van der Waals surface area contributed by atoms with Crippen molar-refractivity contribution in [2.45, 2.75) is 6.42 Å². The van der Waals surface area contributed by atoms with Crippen molar-refractivity contribution in [1.82, 2.24) is 9.97 Å². The number of aromatic nitrogens is 2. The molecular formula is C22H16N2O4S. The van der Waals surface area contributed by atoms with Crippen LogP contribution in [0.15, 0.2) is 66.2 Å². The van der Waals surface area contributed by atoms with E-state index in [9.17, 15) is 9.59 Å². The molecule has 0 unspecified atom stereocenters. The summed E-state index contributed by atoms with van der Waals surface area (Å²) < 4.78 is 10.3. The lowest BCUT2D eigenvalue weighted by molar-refractivity contribution is -0.133. The molecule has 2 aromatic heterocycles. The Bertz CT molecular complexity index is 1190. The van der Waals surface area contributed by atoms with E-state index in [0.29, 0.717) is 5.69 Å². The number of methoxy groups -OCH3 is 1. The third-order valence-electron chi connectivity index (χ3n) is 4.24. The number of carbonyl (C=O) groups is 2. The molecule has 0 spiro atoms. The lowest BCUT2D eigenvalue weighted by Crippen LogP contribution is -2.14. The van der Waals surface area contributed by atoms with E-state index in [1.165, 1.54) is 18.4 Å². The second-order valence-corrected chi connectivity index (χ2v) is 7.06. The van der Waals surface area contributed by atoms with E-state index >= 15 is 0 Å². The van der Waals surface area contributed by atoms with Crippen LogP contribution in [0, 0.1) is 0 Å². The highest BCUT2D eigenvalue weighted by atomic mass is 32.1. The van der Waals surface area contributed by atoms with E-state index < -0.39 is 11.9 Å². The van der Waals surface area contributed by atoms with Gasteiger partial charge < -0.3 is 9.47 Å². The van der Waals surface area contributed by atoms with Gasteiger partial charge in [0, 0.05) is 11.6 Å². The van der Waals surface area contributed by atoms with E-state index in [2.05, 4.69) is 9.97 Å². The SMILES string of the molecule is COC(=O)c1cc2ccccc2cc1OC(=O)Cc1csc(-c2ccccn2)n1. The van der Waals surface area contributed by atoms with Crippen LogP contribution in [-0.4, -0.2) is 29.0 Å². The van der Waals surface area contributed by atoms with Crippen LogP contribution in [0.25, 0.3) is 21.5 Å². The molecule has 0 aliphatic carbocycles. The number of rotatable bonds is 5. The summed E-state index contributed by atoms with van der Waals surface area (Å²) in [5.41, 5.74) is 1.53. The molecule has 0 saturated heterocycles. The van der Waals surface area contributed by atoms with Crippen LogP contribution in [0.1, 0.15) is 16.1 Å². The average Bonchev–Trinajstić information content (AvgIpc) is 3.21. The van der Waals surface area contributed by atoms with Gasteiger partial charge in [0.15, 0.2) is 0 Å². The number of ether oxygens (including phenoxy) is 2. The summed E-state index contributed by atoms with van der Waals surface area (Å²) in [6.07, 6.45) is 1.68. The van der Waals surface area contributed by atoms with Crippen LogP contribution in [0.5, 0.6) is 5.75 Å². The first-order valence-electron chi connectivity index (χ1n) is 8.81. The van der Waals surface area contributed by atoms with Gasteiger partial charge in [-0.3, -0.25) is 9.78 Å². The van der Waals surface area contributed by atoms with Gasteiger partial charge in [-0.15, -0.1) is 11.3 Å². The molecule has 0 radical (unpaired) electrons. The van der Waals surface area contributed by atoms with Crippen LogP contribution in [0.3, 0.4) is 0 Å². The molecule has 0 saturated carbocycles. The molecule has 4 aromatic rings. The lowest BCUT2D eigenvalue weighted by Gasteiger charge is -2.10. The van der Waals surface area contributed by atoms with Crippen molar-refractivity contribution >= 4 is 34.0 Å². The first-order chi connectivity index (χ1) is 14.1. The summed E-state index contributed by atoms with van der Waals surface area (Å²) >= 11 is 1.41. The minimum Gasteiger partial charge on any atom is -0.465 e. The quantitative estimate of drug-likeness (QED) is 0.365. The smallest absolute Gasteiger partial charge is 0.341 e. The molecule has 0 amide bonds. The van der Waals surface area contributed by atoms with Crippen molar-refractivity contribution in [2.75, 3.05) is 7.11 Å². The average molecular weight is 404 g/mol. The van der Waals surface area contributed by atoms with Gasteiger partial charge in [0.05, 0.1) is 24.9 Å². The van der Waals surface area contributed by atoms with Crippen molar-refractivity contribution in [3.8, 4) is 16.5 Å². The lowest BCUT2D eigenvalue weighted by atomic mass is 10.1. The number of pyridine rings is 1. The molecule has 4 rings (SSSR count). The number of hydrogen-bond acceptors (Lipinski definition) is 7. The number of nitrogens with zero attached hydrogens (tertiary/aromatic N) is 2. The summed E-state index contributed by atoms with van der Waals surface area (Å²) in [7, 11) is 1.29. The zero-order valence-electron chi connectivity index (χ0n) is 15.5. The zero-order chi connectivity index (χ0) is 20.2. The Morgan fingerprint density at radius 1 is 1.03 bits per heavy atom. The largest absolute Gasteiger partial charge is 0.465 e. The van der Waals surface area contributed by atoms with Crippen LogP contribution in [0.4, 0.5) is 0 Å². The Hall–Kier alpha value is -3.58. The van der Waals surface area contributed by atoms with Gasteiger partial charge in [0.2, 0.25) is 0 Å². The highest BCUT2D eigenvalue weighted by molar-refractivity contribution is 7.13. The van der Waals surface area contributed by atoms with Crippen molar-refractivity contribution < 1.29 is 19.1 Å². The van der Waals surface area contributed by atoms with E-state index in [4.69, 9.17) is 9.47 Å². The first-order valence-corrected chi connectivity index (χ1v) is 9.69. The number of carbonyl (C=O) groups excluding carboxylic acids is 2. The van der Waals surface area contributed by atoms with Crippen molar-refractivity contribution in [3.63, 3.8) is 0 Å².